The van der Waals surface area contributed by atoms with Crippen LogP contribution in [0, 0.1) is 6.92 Å². The first kappa shape index (κ1) is 20.3. The highest BCUT2D eigenvalue weighted by Crippen LogP contribution is 2.28. The van der Waals surface area contributed by atoms with Crippen molar-refractivity contribution >= 4 is 21.6 Å². The number of para-hydroxylation sites is 1. The number of oxazole rings is 1. The molecule has 1 amide bonds. The molecular weight excluding hydrogens is 402 g/mol. The van der Waals surface area contributed by atoms with E-state index < -0.39 is 15.9 Å². The summed E-state index contributed by atoms with van der Waals surface area (Å²) in [5.74, 6) is 0.190. The fraction of sp³-hybridized carbons (Fsp3) is 0.273. The second-order valence-electron chi connectivity index (χ2n) is 7.20. The van der Waals surface area contributed by atoms with Crippen molar-refractivity contribution < 1.29 is 17.6 Å². The van der Waals surface area contributed by atoms with Gasteiger partial charge in [0.25, 0.3) is 5.91 Å². The van der Waals surface area contributed by atoms with Crippen molar-refractivity contribution in [2.24, 2.45) is 0 Å². The number of rotatable bonds is 5. The van der Waals surface area contributed by atoms with Crippen LogP contribution in [0.25, 0.3) is 11.5 Å². The molecule has 1 saturated heterocycles. The third-order valence-corrected chi connectivity index (χ3v) is 7.06. The van der Waals surface area contributed by atoms with Crippen LogP contribution in [0.4, 0.5) is 5.69 Å². The number of nitrogens with zero attached hydrogens (tertiary/aromatic N) is 2. The Kier molecular flexibility index (Phi) is 5.69. The van der Waals surface area contributed by atoms with Gasteiger partial charge in [0.05, 0.1) is 5.69 Å². The molecule has 156 valence electrons. The van der Waals surface area contributed by atoms with Gasteiger partial charge < -0.3 is 9.73 Å². The molecular formula is C22H23N3O4S. The number of aromatic nitrogens is 1. The number of nitrogens with one attached hydrogen (secondary N) is 1. The summed E-state index contributed by atoms with van der Waals surface area (Å²) in [6, 6.07) is 15.7. The van der Waals surface area contributed by atoms with Crippen molar-refractivity contribution in [1.29, 1.82) is 0 Å². The van der Waals surface area contributed by atoms with E-state index >= 15 is 0 Å². The minimum Gasteiger partial charge on any atom is -0.441 e. The Hall–Kier alpha value is -2.97. The molecule has 7 nitrogen and oxygen atoms in total. The van der Waals surface area contributed by atoms with Gasteiger partial charge in [0, 0.05) is 18.7 Å². The Bertz CT molecular complexity index is 1150. The number of carbonyl (C=O) groups is 1. The van der Waals surface area contributed by atoms with Crippen LogP contribution in [0.2, 0.25) is 0 Å². The first-order valence-corrected chi connectivity index (χ1v) is 11.3. The predicted octanol–water partition coefficient (Wildman–Crippen LogP) is 4.08. The van der Waals surface area contributed by atoms with Crippen molar-refractivity contribution in [1.82, 2.24) is 9.29 Å². The predicted molar refractivity (Wildman–Crippen MR) is 114 cm³/mol. The lowest BCUT2D eigenvalue weighted by molar-refractivity contribution is 0.102. The fourth-order valence-electron chi connectivity index (χ4n) is 3.53. The number of sulfonamides is 1. The maximum Gasteiger partial charge on any atom is 0.277 e. The Balaban J connectivity index is 1.61. The van der Waals surface area contributed by atoms with E-state index in [2.05, 4.69) is 10.3 Å². The summed E-state index contributed by atoms with van der Waals surface area (Å²) in [6.07, 6.45) is 2.71. The molecule has 1 fully saturated rings. The molecule has 2 aromatic carbocycles. The van der Waals surface area contributed by atoms with Gasteiger partial charge in [0.2, 0.25) is 15.9 Å². The molecule has 3 aromatic rings. The van der Waals surface area contributed by atoms with Gasteiger partial charge in [-0.3, -0.25) is 4.79 Å². The van der Waals surface area contributed by atoms with Crippen molar-refractivity contribution in [3.63, 3.8) is 0 Å². The lowest BCUT2D eigenvalue weighted by atomic mass is 10.2. The van der Waals surface area contributed by atoms with Crippen LogP contribution in [0.1, 0.15) is 35.5 Å². The molecule has 0 aliphatic carbocycles. The van der Waals surface area contributed by atoms with E-state index in [4.69, 9.17) is 4.42 Å². The number of carbonyl (C=O) groups excluding carboxylic acids is 1. The zero-order chi connectivity index (χ0) is 21.1. The quantitative estimate of drug-likeness (QED) is 0.665. The Morgan fingerprint density at radius 1 is 1.00 bits per heavy atom. The van der Waals surface area contributed by atoms with Gasteiger partial charge >= 0.3 is 0 Å². The van der Waals surface area contributed by atoms with Gasteiger partial charge in [0.1, 0.15) is 10.7 Å². The van der Waals surface area contributed by atoms with Gasteiger partial charge in [0.15, 0.2) is 5.69 Å². The Morgan fingerprint density at radius 2 is 1.67 bits per heavy atom. The first-order valence-electron chi connectivity index (χ1n) is 9.90. The number of piperidine rings is 1. The third kappa shape index (κ3) is 4.01. The molecule has 30 heavy (non-hydrogen) atoms. The average Bonchev–Trinajstić information content (AvgIpc) is 3.17. The molecule has 8 heteroatoms. The Morgan fingerprint density at radius 3 is 2.40 bits per heavy atom. The molecule has 0 atom stereocenters. The highest BCUT2D eigenvalue weighted by molar-refractivity contribution is 7.89. The maximum absolute atomic E-state index is 13.1. The van der Waals surface area contributed by atoms with Crippen LogP contribution in [-0.4, -0.2) is 36.7 Å². The van der Waals surface area contributed by atoms with Gasteiger partial charge in [-0.25, -0.2) is 13.4 Å². The zero-order valence-corrected chi connectivity index (χ0v) is 17.5. The van der Waals surface area contributed by atoms with Crippen LogP contribution in [0.5, 0.6) is 0 Å². The maximum atomic E-state index is 13.1. The van der Waals surface area contributed by atoms with E-state index in [1.807, 2.05) is 30.3 Å². The summed E-state index contributed by atoms with van der Waals surface area (Å²) in [5.41, 5.74) is 1.11. The minimum absolute atomic E-state index is 0.0877. The largest absolute Gasteiger partial charge is 0.441 e. The molecule has 1 aromatic heterocycles. The topological polar surface area (TPSA) is 92.5 Å². The van der Waals surface area contributed by atoms with E-state index in [1.54, 1.807) is 25.1 Å². The molecule has 2 heterocycles. The summed E-state index contributed by atoms with van der Waals surface area (Å²) in [4.78, 5) is 17.3. The summed E-state index contributed by atoms with van der Waals surface area (Å²) in [6.45, 7) is 2.64. The van der Waals surface area contributed by atoms with Crippen LogP contribution in [0.15, 0.2) is 63.9 Å². The lowest BCUT2D eigenvalue weighted by Crippen LogP contribution is -2.36. The van der Waals surface area contributed by atoms with Gasteiger partial charge in [-0.05, 0) is 44.0 Å². The molecule has 0 bridgehead atoms. The molecule has 1 aliphatic heterocycles. The molecule has 0 saturated carbocycles. The van der Waals surface area contributed by atoms with Crippen LogP contribution >= 0.6 is 0 Å². The monoisotopic (exact) mass is 425 g/mol. The summed E-state index contributed by atoms with van der Waals surface area (Å²) < 4.78 is 33.4. The SMILES string of the molecule is Cc1oc(-c2ccccc2)nc1C(=O)Nc1ccccc1S(=O)(=O)N1CCCCC1. The molecule has 0 unspecified atom stereocenters. The first-order chi connectivity index (χ1) is 14.5. The highest BCUT2D eigenvalue weighted by Gasteiger charge is 2.29. The Labute approximate surface area is 175 Å². The molecule has 4 rings (SSSR count). The standard InChI is InChI=1S/C22H23N3O4S/c1-16-20(24-22(29-16)17-10-4-2-5-11-17)21(26)23-18-12-6-7-13-19(18)30(27,28)25-14-8-3-9-15-25/h2,4-7,10-13H,3,8-9,14-15H2,1H3,(H,23,26). The summed E-state index contributed by atoms with van der Waals surface area (Å²) >= 11 is 0. The van der Waals surface area contributed by atoms with E-state index in [9.17, 15) is 13.2 Å². The smallest absolute Gasteiger partial charge is 0.277 e. The lowest BCUT2D eigenvalue weighted by Gasteiger charge is -2.26. The fourth-order valence-corrected chi connectivity index (χ4v) is 5.20. The molecule has 1 N–H and O–H groups in total. The van der Waals surface area contributed by atoms with E-state index in [0.717, 1.165) is 24.8 Å². The number of hydrogen-bond donors (Lipinski definition) is 1. The normalized spacial score (nSPS) is 15.1. The number of hydrogen-bond acceptors (Lipinski definition) is 5. The van der Waals surface area contributed by atoms with Gasteiger partial charge in [-0.1, -0.05) is 36.8 Å². The van der Waals surface area contributed by atoms with E-state index in [0.29, 0.717) is 24.7 Å². The van der Waals surface area contributed by atoms with E-state index in [-0.39, 0.29) is 16.3 Å². The van der Waals surface area contributed by atoms with Gasteiger partial charge in [-0.2, -0.15) is 4.31 Å². The third-order valence-electron chi connectivity index (χ3n) is 5.10. The van der Waals surface area contributed by atoms with Crippen LogP contribution < -0.4 is 5.32 Å². The van der Waals surface area contributed by atoms with Crippen molar-refractivity contribution in [3.05, 3.63) is 66.1 Å². The molecule has 1 aliphatic rings. The minimum atomic E-state index is -3.69. The van der Waals surface area contributed by atoms with Crippen molar-refractivity contribution in [2.75, 3.05) is 18.4 Å². The number of benzene rings is 2. The second kappa shape index (κ2) is 8.41. The molecule has 0 radical (unpaired) electrons. The number of amides is 1. The van der Waals surface area contributed by atoms with Gasteiger partial charge in [-0.15, -0.1) is 0 Å². The number of anilines is 1. The second-order valence-corrected chi connectivity index (χ2v) is 9.11. The van der Waals surface area contributed by atoms with Crippen LogP contribution in [-0.2, 0) is 10.0 Å². The molecule has 0 spiro atoms. The van der Waals surface area contributed by atoms with Crippen molar-refractivity contribution in [3.8, 4) is 11.5 Å². The van der Waals surface area contributed by atoms with Crippen LogP contribution in [0.3, 0.4) is 0 Å². The van der Waals surface area contributed by atoms with Crippen molar-refractivity contribution in [2.45, 2.75) is 31.1 Å². The highest BCUT2D eigenvalue weighted by atomic mass is 32.2. The number of aryl methyl sites for hydroxylation is 1. The summed E-state index contributed by atoms with van der Waals surface area (Å²) in [7, 11) is -3.69. The zero-order valence-electron chi connectivity index (χ0n) is 16.7. The average molecular weight is 426 g/mol. The van der Waals surface area contributed by atoms with E-state index in [1.165, 1.54) is 10.4 Å². The summed E-state index contributed by atoms with van der Waals surface area (Å²) in [5, 5.41) is 2.71.